The number of hydrogen-bond donors (Lipinski definition) is 1. The minimum Gasteiger partial charge on any atom is -0.496 e. The first-order valence-corrected chi connectivity index (χ1v) is 13.1. The van der Waals surface area contributed by atoms with Crippen molar-refractivity contribution in [3.05, 3.63) is 39.5 Å². The Balaban J connectivity index is 2.67. The first-order chi connectivity index (χ1) is 13.9. The lowest BCUT2D eigenvalue weighted by molar-refractivity contribution is -0.136. The van der Waals surface area contributed by atoms with Gasteiger partial charge in [-0.05, 0) is 50.8 Å². The molecule has 1 heterocycles. The van der Waals surface area contributed by atoms with Gasteiger partial charge < -0.3 is 19.0 Å². The third-order valence-corrected chi connectivity index (χ3v) is 6.02. The monoisotopic (exact) mass is 434 g/mol. The van der Waals surface area contributed by atoms with Crippen LogP contribution >= 0.6 is 0 Å². The van der Waals surface area contributed by atoms with E-state index in [0.29, 0.717) is 18.4 Å². The van der Waals surface area contributed by atoms with Crippen molar-refractivity contribution in [2.75, 3.05) is 7.11 Å². The zero-order chi connectivity index (χ0) is 22.8. The van der Waals surface area contributed by atoms with Gasteiger partial charge in [-0.1, -0.05) is 32.4 Å². The number of rotatable bonds is 8. The van der Waals surface area contributed by atoms with Gasteiger partial charge in [-0.2, -0.15) is 0 Å². The number of fused-ring (bicyclic) bond motifs is 1. The molecule has 1 aromatic rings. The quantitative estimate of drug-likeness (QED) is 0.359. The summed E-state index contributed by atoms with van der Waals surface area (Å²) in [6.07, 6.45) is 2.48. The lowest BCUT2D eigenvalue weighted by Gasteiger charge is -2.28. The van der Waals surface area contributed by atoms with Gasteiger partial charge >= 0.3 is 11.9 Å². The molecule has 2 rings (SSSR count). The number of ether oxygens (including phenoxy) is 2. The van der Waals surface area contributed by atoms with Gasteiger partial charge in [0.05, 0.1) is 12.7 Å². The number of methoxy groups -OCH3 is 1. The van der Waals surface area contributed by atoms with E-state index in [9.17, 15) is 9.59 Å². The molecule has 0 radical (unpaired) electrons. The summed E-state index contributed by atoms with van der Waals surface area (Å²) >= 11 is 0. The van der Waals surface area contributed by atoms with E-state index in [1.54, 1.807) is 7.11 Å². The predicted molar refractivity (Wildman–Crippen MR) is 119 cm³/mol. The first-order valence-electron chi connectivity index (χ1n) is 10.4. The normalized spacial score (nSPS) is 16.6. The van der Waals surface area contributed by atoms with Crippen molar-refractivity contribution in [1.82, 2.24) is 0 Å². The number of benzene rings is 1. The molecule has 1 unspecified atom stereocenters. The topological polar surface area (TPSA) is 82.1 Å². The van der Waals surface area contributed by atoms with E-state index in [0.717, 1.165) is 33.6 Å². The molecule has 1 atom stereocenters. The average Bonchev–Trinajstić information content (AvgIpc) is 2.92. The van der Waals surface area contributed by atoms with Crippen molar-refractivity contribution in [3.8, 4) is 5.75 Å². The number of aliphatic carboxylic acids is 1. The number of carbonyl (C=O) groups is 2. The Morgan fingerprint density at radius 3 is 2.40 bits per heavy atom. The van der Waals surface area contributed by atoms with Crippen molar-refractivity contribution < 1.29 is 28.6 Å². The maximum absolute atomic E-state index is 12.9. The number of carbonyl (C=O) groups excluding carboxylic acids is 1. The zero-order valence-electron chi connectivity index (χ0n) is 19.3. The van der Waals surface area contributed by atoms with E-state index in [4.69, 9.17) is 19.0 Å². The molecular formula is C23H34O6Si. The van der Waals surface area contributed by atoms with Crippen LogP contribution in [0.15, 0.2) is 11.6 Å². The second kappa shape index (κ2) is 9.35. The van der Waals surface area contributed by atoms with E-state index in [1.165, 1.54) is 0 Å². The van der Waals surface area contributed by atoms with Crippen LogP contribution in [0, 0.1) is 6.92 Å². The van der Waals surface area contributed by atoms with Crippen LogP contribution in [-0.2, 0) is 25.8 Å². The summed E-state index contributed by atoms with van der Waals surface area (Å²) in [6.45, 7) is 14.2. The summed E-state index contributed by atoms with van der Waals surface area (Å²) in [7, 11) is 0.191. The number of hydrogen-bond acceptors (Lipinski definition) is 5. The molecule has 30 heavy (non-hydrogen) atoms. The van der Waals surface area contributed by atoms with Crippen molar-refractivity contribution >= 4 is 21.0 Å². The number of allylic oxidation sites excluding steroid dienone is 2. The van der Waals surface area contributed by atoms with Crippen molar-refractivity contribution in [3.63, 3.8) is 0 Å². The van der Waals surface area contributed by atoms with Gasteiger partial charge in [0.1, 0.15) is 5.75 Å². The van der Waals surface area contributed by atoms with Crippen LogP contribution in [0.5, 0.6) is 5.75 Å². The van der Waals surface area contributed by atoms with Gasteiger partial charge in [0.2, 0.25) is 6.29 Å². The van der Waals surface area contributed by atoms with Gasteiger partial charge in [0, 0.05) is 23.1 Å². The summed E-state index contributed by atoms with van der Waals surface area (Å²) in [5, 5.41) is 8.93. The Morgan fingerprint density at radius 2 is 1.90 bits per heavy atom. The van der Waals surface area contributed by atoms with Crippen LogP contribution in [0.3, 0.4) is 0 Å². The molecule has 7 heteroatoms. The lowest BCUT2D eigenvalue weighted by Crippen LogP contribution is -2.21. The van der Waals surface area contributed by atoms with Crippen LogP contribution in [0.1, 0.15) is 79.4 Å². The molecular weight excluding hydrogens is 400 g/mol. The Bertz CT molecular complexity index is 864. The highest BCUT2D eigenvalue weighted by atomic mass is 28.3. The third-order valence-electron chi connectivity index (χ3n) is 5.23. The number of carboxylic acids is 1. The summed E-state index contributed by atoms with van der Waals surface area (Å²) in [5.74, 6) is -0.432. The largest absolute Gasteiger partial charge is 0.496 e. The molecule has 0 saturated heterocycles. The maximum atomic E-state index is 12.9. The van der Waals surface area contributed by atoms with E-state index in [1.807, 2.05) is 33.0 Å². The predicted octanol–water partition coefficient (Wildman–Crippen LogP) is 4.82. The fraction of sp³-hybridized carbons (Fsp3) is 0.565. The van der Waals surface area contributed by atoms with Crippen LogP contribution < -0.4 is 4.74 Å². The lowest BCUT2D eigenvalue weighted by atomic mass is 9.76. The zero-order valence-corrected chi connectivity index (χ0v) is 20.5. The summed E-state index contributed by atoms with van der Waals surface area (Å²) < 4.78 is 17.5. The average molecular weight is 435 g/mol. The molecule has 0 amide bonds. The third kappa shape index (κ3) is 5.13. The van der Waals surface area contributed by atoms with Crippen molar-refractivity contribution in [2.45, 2.75) is 78.7 Å². The van der Waals surface area contributed by atoms with Gasteiger partial charge in [-0.15, -0.1) is 0 Å². The summed E-state index contributed by atoms with van der Waals surface area (Å²) in [4.78, 5) is 23.8. The molecule has 166 valence electrons. The van der Waals surface area contributed by atoms with Gasteiger partial charge in [0.25, 0.3) is 0 Å². The smallest absolute Gasteiger partial charge is 0.341 e. The minimum atomic E-state index is -1.44. The fourth-order valence-corrected chi connectivity index (χ4v) is 4.67. The van der Waals surface area contributed by atoms with Crippen LogP contribution in [0.2, 0.25) is 13.1 Å². The molecule has 0 fully saturated rings. The molecule has 0 bridgehead atoms. The molecule has 1 aromatic carbocycles. The molecule has 1 N–H and O–H groups in total. The van der Waals surface area contributed by atoms with Gasteiger partial charge in [-0.3, -0.25) is 4.79 Å². The highest BCUT2D eigenvalue weighted by Crippen LogP contribution is 2.47. The summed E-state index contributed by atoms with van der Waals surface area (Å²) in [5.41, 5.74) is 4.74. The Kier molecular flexibility index (Phi) is 7.53. The highest BCUT2D eigenvalue weighted by molar-refractivity contribution is 6.48. The SMILES string of the molecule is COc1c(C)c2c(c(C(C)(C)C)c1CC=C(C)CCC(=O)O)C(=O)OC2O[SiH](C)C. The molecule has 0 aliphatic carbocycles. The van der Waals surface area contributed by atoms with E-state index >= 15 is 0 Å². The van der Waals surface area contributed by atoms with E-state index < -0.39 is 21.3 Å². The number of carboxylic acid groups (broad SMARTS) is 1. The molecule has 1 aliphatic rings. The van der Waals surface area contributed by atoms with Crippen LogP contribution in [0.4, 0.5) is 0 Å². The Labute approximate surface area is 180 Å². The molecule has 0 aromatic heterocycles. The van der Waals surface area contributed by atoms with E-state index in [-0.39, 0.29) is 17.8 Å². The van der Waals surface area contributed by atoms with Gasteiger partial charge in [0.15, 0.2) is 9.04 Å². The molecule has 6 nitrogen and oxygen atoms in total. The minimum absolute atomic E-state index is 0.0965. The molecule has 1 aliphatic heterocycles. The second-order valence-electron chi connectivity index (χ2n) is 9.12. The number of esters is 1. The Hall–Kier alpha value is -2.12. The van der Waals surface area contributed by atoms with Crippen molar-refractivity contribution in [2.24, 2.45) is 0 Å². The highest BCUT2D eigenvalue weighted by Gasteiger charge is 2.41. The molecule has 0 saturated carbocycles. The van der Waals surface area contributed by atoms with Gasteiger partial charge in [-0.25, -0.2) is 4.79 Å². The first kappa shape index (κ1) is 24.1. The van der Waals surface area contributed by atoms with Crippen LogP contribution in [0.25, 0.3) is 0 Å². The number of cyclic esters (lactones) is 1. The Morgan fingerprint density at radius 1 is 1.27 bits per heavy atom. The standard InChI is InChI=1S/C23H34O6Si/c1-13(10-12-16(24)25)9-11-15-19(23(3,4)5)18-17(14(2)20(15)27-6)22(28-21(18)26)29-30(7)8/h9,22,30H,10-12H2,1-8H3,(H,24,25). The van der Waals surface area contributed by atoms with Crippen molar-refractivity contribution in [1.29, 1.82) is 0 Å². The fourth-order valence-electron chi connectivity index (χ4n) is 3.98. The second-order valence-corrected chi connectivity index (χ2v) is 11.5. The summed E-state index contributed by atoms with van der Waals surface area (Å²) in [6, 6.07) is 0. The van der Waals surface area contributed by atoms with Crippen LogP contribution in [-0.4, -0.2) is 33.2 Å². The maximum Gasteiger partial charge on any atom is 0.341 e. The van der Waals surface area contributed by atoms with E-state index in [2.05, 4.69) is 20.8 Å². The molecule has 0 spiro atoms.